The minimum Gasteiger partial charge on any atom is -0.335 e. The quantitative estimate of drug-likeness (QED) is 0.743. The number of hydrogen-bond donors (Lipinski definition) is 0. The third kappa shape index (κ3) is 2.90. The molecule has 0 saturated heterocycles. The van der Waals surface area contributed by atoms with Gasteiger partial charge in [-0.25, -0.2) is 4.98 Å². The number of carbonyl (C=O) groups is 1. The van der Waals surface area contributed by atoms with Gasteiger partial charge in [0.25, 0.3) is 11.5 Å². The summed E-state index contributed by atoms with van der Waals surface area (Å²) >= 11 is 1.51. The van der Waals surface area contributed by atoms with Crippen LogP contribution < -0.4 is 5.56 Å². The van der Waals surface area contributed by atoms with Gasteiger partial charge in [-0.3, -0.25) is 9.59 Å². The molecular weight excluding hydrogens is 310 g/mol. The fraction of sp³-hybridized carbons (Fsp3) is 0.235. The number of amides is 1. The Bertz CT molecular complexity index is 942. The summed E-state index contributed by atoms with van der Waals surface area (Å²) < 4.78 is 1.52. The molecule has 0 atom stereocenters. The van der Waals surface area contributed by atoms with Crippen LogP contribution in [0.2, 0.25) is 0 Å². The van der Waals surface area contributed by atoms with Crippen molar-refractivity contribution in [3.63, 3.8) is 0 Å². The van der Waals surface area contributed by atoms with Crippen molar-refractivity contribution in [2.75, 3.05) is 7.05 Å². The molecule has 0 aliphatic heterocycles. The van der Waals surface area contributed by atoms with E-state index in [1.165, 1.54) is 20.8 Å². The molecule has 0 N–H and O–H groups in total. The second-order valence-corrected chi connectivity index (χ2v) is 6.47. The minimum atomic E-state index is -0.288. The van der Waals surface area contributed by atoms with Crippen molar-refractivity contribution >= 4 is 28.1 Å². The van der Waals surface area contributed by atoms with Crippen molar-refractivity contribution in [1.82, 2.24) is 14.5 Å². The van der Waals surface area contributed by atoms with E-state index in [1.807, 2.05) is 36.6 Å². The number of fused-ring (bicyclic) bond motifs is 1. The average molecular weight is 327 g/mol. The van der Waals surface area contributed by atoms with E-state index in [0.29, 0.717) is 6.54 Å². The first-order valence-corrected chi connectivity index (χ1v) is 8.10. The number of hydrogen-bond acceptors (Lipinski definition) is 4. The molecule has 0 unspecified atom stereocenters. The Morgan fingerprint density at radius 3 is 2.78 bits per heavy atom. The molecule has 2 aromatic heterocycles. The van der Waals surface area contributed by atoms with Crippen LogP contribution in [-0.4, -0.2) is 27.4 Å². The number of nitrogens with zero attached hydrogens (tertiary/aromatic N) is 3. The van der Waals surface area contributed by atoms with Crippen LogP contribution >= 0.6 is 11.3 Å². The molecule has 6 heteroatoms. The van der Waals surface area contributed by atoms with Gasteiger partial charge in [0.05, 0.1) is 12.1 Å². The van der Waals surface area contributed by atoms with E-state index in [4.69, 9.17) is 0 Å². The van der Waals surface area contributed by atoms with E-state index in [-0.39, 0.29) is 17.0 Å². The number of benzene rings is 1. The summed E-state index contributed by atoms with van der Waals surface area (Å²) in [6.07, 6.45) is 0. The third-order valence-electron chi connectivity index (χ3n) is 3.75. The van der Waals surface area contributed by atoms with Crippen molar-refractivity contribution in [1.29, 1.82) is 0 Å². The predicted octanol–water partition coefficient (Wildman–Crippen LogP) is 2.58. The first kappa shape index (κ1) is 15.4. The number of aryl methyl sites for hydroxylation is 2. The van der Waals surface area contributed by atoms with Gasteiger partial charge in [-0.2, -0.15) is 0 Å². The molecule has 1 amide bonds. The van der Waals surface area contributed by atoms with Gasteiger partial charge in [-0.1, -0.05) is 18.2 Å². The molecule has 0 radical (unpaired) electrons. The Morgan fingerprint density at radius 2 is 2.09 bits per heavy atom. The summed E-state index contributed by atoms with van der Waals surface area (Å²) in [5, 5.41) is 3.68. The summed E-state index contributed by atoms with van der Waals surface area (Å²) in [6, 6.07) is 9.20. The molecular formula is C17H17N3O2S. The van der Waals surface area contributed by atoms with E-state index in [1.54, 1.807) is 20.2 Å². The normalized spacial score (nSPS) is 10.9. The first-order chi connectivity index (χ1) is 11.0. The number of pyridine rings is 1. The molecule has 0 saturated carbocycles. The highest BCUT2D eigenvalue weighted by Gasteiger charge is 2.18. The maximum Gasteiger partial charge on any atom is 0.263 e. The topological polar surface area (TPSA) is 55.2 Å². The van der Waals surface area contributed by atoms with Gasteiger partial charge in [0.15, 0.2) is 0 Å². The van der Waals surface area contributed by atoms with Crippen LogP contribution in [0.3, 0.4) is 0 Å². The van der Waals surface area contributed by atoms with Crippen LogP contribution in [0.25, 0.3) is 10.9 Å². The van der Waals surface area contributed by atoms with Crippen molar-refractivity contribution in [2.45, 2.75) is 13.5 Å². The second kappa shape index (κ2) is 5.96. The van der Waals surface area contributed by atoms with Crippen molar-refractivity contribution < 1.29 is 4.79 Å². The van der Waals surface area contributed by atoms with Gasteiger partial charge in [-0.05, 0) is 24.4 Å². The van der Waals surface area contributed by atoms with Gasteiger partial charge >= 0.3 is 0 Å². The molecule has 0 aliphatic rings. The maximum atomic E-state index is 12.7. The smallest absolute Gasteiger partial charge is 0.263 e. The molecule has 3 aromatic rings. The van der Waals surface area contributed by atoms with E-state index in [0.717, 1.165) is 21.6 Å². The Balaban J connectivity index is 1.97. The Morgan fingerprint density at radius 1 is 1.35 bits per heavy atom. The summed E-state index contributed by atoms with van der Waals surface area (Å²) in [6.45, 7) is 2.31. The lowest BCUT2D eigenvalue weighted by Crippen LogP contribution is -2.33. The molecule has 0 aliphatic carbocycles. The Hall–Kier alpha value is -2.47. The van der Waals surface area contributed by atoms with Crippen LogP contribution in [0, 0.1) is 6.92 Å². The lowest BCUT2D eigenvalue weighted by Gasteiger charge is -2.16. The minimum absolute atomic E-state index is 0.182. The zero-order valence-corrected chi connectivity index (χ0v) is 14.1. The third-order valence-corrected chi connectivity index (χ3v) is 4.70. The van der Waals surface area contributed by atoms with Gasteiger partial charge in [0, 0.05) is 25.2 Å². The summed E-state index contributed by atoms with van der Waals surface area (Å²) in [7, 11) is 3.37. The largest absolute Gasteiger partial charge is 0.335 e. The Labute approximate surface area is 137 Å². The molecule has 3 rings (SSSR count). The molecule has 2 heterocycles. The summed E-state index contributed by atoms with van der Waals surface area (Å²) in [5.41, 5.74) is 1.65. The second-order valence-electron chi connectivity index (χ2n) is 5.52. The van der Waals surface area contributed by atoms with Gasteiger partial charge in [-0.15, -0.1) is 11.3 Å². The highest BCUT2D eigenvalue weighted by Crippen LogP contribution is 2.15. The lowest BCUT2D eigenvalue weighted by molar-refractivity contribution is 0.0783. The lowest BCUT2D eigenvalue weighted by atomic mass is 10.1. The number of rotatable bonds is 3. The number of carbonyl (C=O) groups excluding carboxylic acids is 1. The van der Waals surface area contributed by atoms with E-state index in [2.05, 4.69) is 4.98 Å². The van der Waals surface area contributed by atoms with E-state index < -0.39 is 0 Å². The molecule has 0 fully saturated rings. The van der Waals surface area contributed by atoms with Crippen molar-refractivity contribution in [2.24, 2.45) is 7.05 Å². The number of aromatic nitrogens is 2. The SMILES string of the molecule is Cc1csc(CN(C)C(=O)c2cc3ccccc3n(C)c2=O)n1. The number of para-hydroxylation sites is 1. The predicted molar refractivity (Wildman–Crippen MR) is 91.8 cm³/mol. The van der Waals surface area contributed by atoms with Crippen LogP contribution in [0.5, 0.6) is 0 Å². The van der Waals surface area contributed by atoms with E-state index in [9.17, 15) is 9.59 Å². The number of thiazole rings is 1. The van der Waals surface area contributed by atoms with Crippen LogP contribution in [0.4, 0.5) is 0 Å². The summed E-state index contributed by atoms with van der Waals surface area (Å²) in [5.74, 6) is -0.288. The molecule has 1 aromatic carbocycles. The standard InChI is InChI=1S/C17H17N3O2S/c1-11-10-23-15(18-11)9-19(2)16(21)13-8-12-6-4-5-7-14(12)20(3)17(13)22/h4-8,10H,9H2,1-3H3. The fourth-order valence-corrected chi connectivity index (χ4v) is 3.36. The maximum absolute atomic E-state index is 12.7. The zero-order valence-electron chi connectivity index (χ0n) is 13.2. The fourth-order valence-electron chi connectivity index (χ4n) is 2.53. The molecule has 5 nitrogen and oxygen atoms in total. The molecule has 0 bridgehead atoms. The average Bonchev–Trinajstić information content (AvgIpc) is 2.95. The van der Waals surface area contributed by atoms with Crippen LogP contribution in [-0.2, 0) is 13.6 Å². The summed E-state index contributed by atoms with van der Waals surface area (Å²) in [4.78, 5) is 31.0. The monoisotopic (exact) mass is 327 g/mol. The highest BCUT2D eigenvalue weighted by atomic mass is 32.1. The van der Waals surface area contributed by atoms with Gasteiger partial charge in [0.1, 0.15) is 10.6 Å². The van der Waals surface area contributed by atoms with Crippen molar-refractivity contribution in [3.8, 4) is 0 Å². The van der Waals surface area contributed by atoms with Crippen LogP contribution in [0.15, 0.2) is 40.5 Å². The van der Waals surface area contributed by atoms with Crippen LogP contribution in [0.1, 0.15) is 21.1 Å². The Kier molecular flexibility index (Phi) is 4.00. The molecule has 118 valence electrons. The van der Waals surface area contributed by atoms with Crippen molar-refractivity contribution in [3.05, 3.63) is 62.3 Å². The van der Waals surface area contributed by atoms with E-state index >= 15 is 0 Å². The van der Waals surface area contributed by atoms with Gasteiger partial charge < -0.3 is 9.47 Å². The van der Waals surface area contributed by atoms with Gasteiger partial charge in [0.2, 0.25) is 0 Å². The molecule has 23 heavy (non-hydrogen) atoms. The first-order valence-electron chi connectivity index (χ1n) is 7.22. The highest BCUT2D eigenvalue weighted by molar-refractivity contribution is 7.09. The molecule has 0 spiro atoms. The zero-order chi connectivity index (χ0) is 16.6.